The van der Waals surface area contributed by atoms with Crippen molar-refractivity contribution in [3.8, 4) is 5.88 Å². The van der Waals surface area contributed by atoms with E-state index in [4.69, 9.17) is 9.15 Å². The molecule has 0 aliphatic heterocycles. The van der Waals surface area contributed by atoms with Gasteiger partial charge in [-0.05, 0) is 26.3 Å². The van der Waals surface area contributed by atoms with Crippen LogP contribution in [0.15, 0.2) is 27.7 Å². The van der Waals surface area contributed by atoms with Crippen LogP contribution in [0, 0.1) is 13.8 Å². The summed E-state index contributed by atoms with van der Waals surface area (Å²) in [6, 6.07) is 3.77. The Hall–Kier alpha value is -1.84. The van der Waals surface area contributed by atoms with Crippen molar-refractivity contribution in [1.82, 2.24) is 20.6 Å². The van der Waals surface area contributed by atoms with Gasteiger partial charge in [0.15, 0.2) is 5.96 Å². The lowest BCUT2D eigenvalue weighted by Gasteiger charge is -2.09. The third kappa shape index (κ3) is 5.99. The summed E-state index contributed by atoms with van der Waals surface area (Å²) in [5.74, 6) is 2.79. The molecule has 8 heteroatoms. The van der Waals surface area contributed by atoms with E-state index in [-0.39, 0.29) is 24.0 Å². The van der Waals surface area contributed by atoms with E-state index >= 15 is 0 Å². The summed E-state index contributed by atoms with van der Waals surface area (Å²) in [5, 5.41) is 6.40. The number of guanidine groups is 1. The zero-order valence-electron chi connectivity index (χ0n) is 14.4. The predicted octanol–water partition coefficient (Wildman–Crippen LogP) is 2.57. The summed E-state index contributed by atoms with van der Waals surface area (Å²) in [4.78, 5) is 13.0. The molecule has 0 fully saturated rings. The van der Waals surface area contributed by atoms with Crippen LogP contribution in [0.3, 0.4) is 0 Å². The van der Waals surface area contributed by atoms with Gasteiger partial charge in [-0.25, -0.2) is 15.0 Å². The molecule has 7 nitrogen and oxygen atoms in total. The molecule has 2 heterocycles. The first-order valence-corrected chi connectivity index (χ1v) is 7.56. The molecule has 2 rings (SSSR count). The van der Waals surface area contributed by atoms with Crippen molar-refractivity contribution in [3.63, 3.8) is 0 Å². The predicted molar refractivity (Wildman–Crippen MR) is 104 cm³/mol. The molecule has 0 saturated carbocycles. The fourth-order valence-corrected chi connectivity index (χ4v) is 1.91. The second-order valence-corrected chi connectivity index (χ2v) is 5.01. The normalized spacial score (nSPS) is 10.9. The maximum atomic E-state index is 5.55. The van der Waals surface area contributed by atoms with Gasteiger partial charge in [-0.15, -0.1) is 24.0 Å². The molecular formula is C16H24IN5O2. The largest absolute Gasteiger partial charge is 0.481 e. The Morgan fingerprint density at radius 1 is 1.29 bits per heavy atom. The number of hydrogen-bond acceptors (Lipinski definition) is 5. The second-order valence-electron chi connectivity index (χ2n) is 5.01. The van der Waals surface area contributed by atoms with Gasteiger partial charge in [0, 0.05) is 18.8 Å². The van der Waals surface area contributed by atoms with E-state index in [0.29, 0.717) is 30.8 Å². The molecule has 0 atom stereocenters. The van der Waals surface area contributed by atoms with E-state index < -0.39 is 0 Å². The molecule has 0 bridgehead atoms. The number of methoxy groups -OCH3 is 1. The number of rotatable bonds is 6. The number of aliphatic imine (C=N–C) groups is 1. The van der Waals surface area contributed by atoms with Gasteiger partial charge < -0.3 is 19.8 Å². The first kappa shape index (κ1) is 20.2. The first-order valence-electron chi connectivity index (χ1n) is 7.56. The van der Waals surface area contributed by atoms with Gasteiger partial charge in [-0.1, -0.05) is 6.07 Å². The highest BCUT2D eigenvalue weighted by atomic mass is 127. The van der Waals surface area contributed by atoms with Crippen LogP contribution >= 0.6 is 24.0 Å². The van der Waals surface area contributed by atoms with Gasteiger partial charge in [0.1, 0.15) is 5.76 Å². The fourth-order valence-electron chi connectivity index (χ4n) is 1.91. The van der Waals surface area contributed by atoms with Crippen LogP contribution in [-0.4, -0.2) is 29.6 Å². The van der Waals surface area contributed by atoms with E-state index in [1.54, 1.807) is 13.3 Å². The first-order chi connectivity index (χ1) is 11.1. The zero-order valence-corrected chi connectivity index (χ0v) is 16.8. The van der Waals surface area contributed by atoms with E-state index in [1.807, 2.05) is 32.9 Å². The number of oxazole rings is 1. The lowest BCUT2D eigenvalue weighted by Crippen LogP contribution is -2.36. The van der Waals surface area contributed by atoms with Crippen LogP contribution in [0.2, 0.25) is 0 Å². The molecule has 0 aliphatic rings. The lowest BCUT2D eigenvalue weighted by atomic mass is 10.3. The van der Waals surface area contributed by atoms with E-state index in [1.165, 1.54) is 0 Å². The fraction of sp³-hybridized carbons (Fsp3) is 0.438. The van der Waals surface area contributed by atoms with E-state index in [0.717, 1.165) is 23.6 Å². The van der Waals surface area contributed by atoms with Gasteiger partial charge in [0.2, 0.25) is 11.8 Å². The highest BCUT2D eigenvalue weighted by molar-refractivity contribution is 14.0. The monoisotopic (exact) mass is 445 g/mol. The third-order valence-electron chi connectivity index (χ3n) is 3.25. The van der Waals surface area contributed by atoms with Crippen LogP contribution in [0.25, 0.3) is 0 Å². The highest BCUT2D eigenvalue weighted by Crippen LogP contribution is 2.08. The third-order valence-corrected chi connectivity index (χ3v) is 3.25. The number of hydrogen-bond donors (Lipinski definition) is 2. The van der Waals surface area contributed by atoms with Crippen molar-refractivity contribution >= 4 is 29.9 Å². The smallest absolute Gasteiger partial charge is 0.214 e. The van der Waals surface area contributed by atoms with Crippen LogP contribution in [0.4, 0.5) is 0 Å². The van der Waals surface area contributed by atoms with Gasteiger partial charge in [-0.3, -0.25) is 0 Å². The number of nitrogens with zero attached hydrogens (tertiary/aromatic N) is 3. The Kier molecular flexibility index (Phi) is 8.51. The molecule has 0 aliphatic carbocycles. The van der Waals surface area contributed by atoms with E-state index in [9.17, 15) is 0 Å². The molecule has 2 aromatic rings. The average Bonchev–Trinajstić information content (AvgIpc) is 2.89. The Bertz CT molecular complexity index is 635. The quantitative estimate of drug-likeness (QED) is 0.404. The summed E-state index contributed by atoms with van der Waals surface area (Å²) < 4.78 is 10.6. The molecule has 0 saturated heterocycles. The van der Waals surface area contributed by atoms with Crippen LogP contribution in [0.5, 0.6) is 5.88 Å². The Morgan fingerprint density at radius 2 is 2.08 bits per heavy atom. The number of ether oxygens (including phenoxy) is 1. The number of pyridine rings is 1. The molecule has 132 valence electrons. The molecule has 0 unspecified atom stereocenters. The average molecular weight is 445 g/mol. The Morgan fingerprint density at radius 3 is 2.62 bits per heavy atom. The maximum absolute atomic E-state index is 5.55. The van der Waals surface area contributed by atoms with Crippen molar-refractivity contribution in [2.24, 2.45) is 4.99 Å². The Balaban J connectivity index is 0.00000288. The van der Waals surface area contributed by atoms with Crippen LogP contribution in [0.1, 0.15) is 29.8 Å². The molecule has 0 radical (unpaired) electrons. The van der Waals surface area contributed by atoms with Gasteiger partial charge >= 0.3 is 0 Å². The summed E-state index contributed by atoms with van der Waals surface area (Å²) in [6.07, 6.45) is 1.76. The summed E-state index contributed by atoms with van der Waals surface area (Å²) in [5.41, 5.74) is 1.92. The van der Waals surface area contributed by atoms with Crippen molar-refractivity contribution in [2.45, 2.75) is 33.9 Å². The van der Waals surface area contributed by atoms with Gasteiger partial charge in [-0.2, -0.15) is 0 Å². The molecular weight excluding hydrogens is 421 g/mol. The molecule has 2 aromatic heterocycles. The van der Waals surface area contributed by atoms with Crippen molar-refractivity contribution in [1.29, 1.82) is 0 Å². The minimum Gasteiger partial charge on any atom is -0.481 e. The highest BCUT2D eigenvalue weighted by Gasteiger charge is 2.06. The molecule has 24 heavy (non-hydrogen) atoms. The maximum Gasteiger partial charge on any atom is 0.214 e. The molecule has 0 amide bonds. The second kappa shape index (κ2) is 10.1. The van der Waals surface area contributed by atoms with Crippen molar-refractivity contribution in [2.75, 3.05) is 13.7 Å². The van der Waals surface area contributed by atoms with Crippen LogP contribution < -0.4 is 15.4 Å². The zero-order chi connectivity index (χ0) is 16.7. The summed E-state index contributed by atoms with van der Waals surface area (Å²) in [7, 11) is 1.60. The lowest BCUT2D eigenvalue weighted by molar-refractivity contribution is 0.397. The number of aryl methyl sites for hydroxylation is 2. The summed E-state index contributed by atoms with van der Waals surface area (Å²) in [6.45, 7) is 7.64. The molecule has 0 spiro atoms. The van der Waals surface area contributed by atoms with Gasteiger partial charge in [0.25, 0.3) is 0 Å². The minimum absolute atomic E-state index is 0. The SMILES string of the molecule is CCNC(=NCc1ccc(OC)nc1)NCc1nc(C)c(C)o1.I. The van der Waals surface area contributed by atoms with E-state index in [2.05, 4.69) is 25.6 Å². The van der Waals surface area contributed by atoms with Crippen LogP contribution in [-0.2, 0) is 13.1 Å². The van der Waals surface area contributed by atoms with Crippen molar-refractivity contribution in [3.05, 3.63) is 41.2 Å². The number of aromatic nitrogens is 2. The molecule has 2 N–H and O–H groups in total. The molecule has 0 aromatic carbocycles. The Labute approximate surface area is 159 Å². The standard InChI is InChI=1S/C16H23N5O2.HI/c1-5-17-16(20-10-15-21-11(2)12(3)23-15)19-9-13-6-7-14(22-4)18-8-13;/h6-8H,5,9-10H2,1-4H3,(H2,17,19,20);1H. The van der Waals surface area contributed by atoms with Gasteiger partial charge in [0.05, 0.1) is 25.9 Å². The number of halogens is 1. The minimum atomic E-state index is 0. The summed E-state index contributed by atoms with van der Waals surface area (Å²) >= 11 is 0. The van der Waals surface area contributed by atoms with Crippen molar-refractivity contribution < 1.29 is 9.15 Å². The number of nitrogens with one attached hydrogen (secondary N) is 2. The topological polar surface area (TPSA) is 84.6 Å².